The van der Waals surface area contributed by atoms with Crippen LogP contribution in [0.15, 0.2) is 41.3 Å². The van der Waals surface area contributed by atoms with Crippen molar-refractivity contribution in [1.82, 2.24) is 0 Å². The molecule has 0 saturated carbocycles. The summed E-state index contributed by atoms with van der Waals surface area (Å²) in [6, 6.07) is 11.6. The van der Waals surface area contributed by atoms with Gasteiger partial charge in [-0.15, -0.1) is 0 Å². The molecule has 1 amide bonds. The van der Waals surface area contributed by atoms with Crippen molar-refractivity contribution < 1.29 is 14.3 Å². The van der Waals surface area contributed by atoms with Crippen LogP contribution in [-0.2, 0) is 4.79 Å². The summed E-state index contributed by atoms with van der Waals surface area (Å²) in [7, 11) is 1.61. The molecular formula is C23H25NO3S2. The Kier molecular flexibility index (Phi) is 6.65. The fourth-order valence-corrected chi connectivity index (χ4v) is 4.18. The number of carbonyl (C=O) groups is 1. The van der Waals surface area contributed by atoms with Crippen LogP contribution >= 0.6 is 24.0 Å². The van der Waals surface area contributed by atoms with Crippen LogP contribution in [0.1, 0.15) is 37.0 Å². The fraction of sp³-hybridized carbons (Fsp3) is 0.304. The summed E-state index contributed by atoms with van der Waals surface area (Å²) in [5, 5.41) is 0. The highest BCUT2D eigenvalue weighted by atomic mass is 32.2. The summed E-state index contributed by atoms with van der Waals surface area (Å²) < 4.78 is 11.9. The molecule has 0 aliphatic carbocycles. The van der Waals surface area contributed by atoms with E-state index >= 15 is 0 Å². The molecule has 1 aliphatic heterocycles. The Morgan fingerprint density at radius 1 is 1.14 bits per heavy atom. The van der Waals surface area contributed by atoms with Crippen molar-refractivity contribution >= 4 is 46.0 Å². The minimum Gasteiger partial charge on any atom is -0.493 e. The monoisotopic (exact) mass is 427 g/mol. The first kappa shape index (κ1) is 21.4. The standard InChI is InChI=1S/C23H25NO3S2/c1-6-16(4)27-19-10-8-17(12-20(19)26-5)13-21-22(25)24(23(28)29-21)18-9-7-14(2)15(3)11-18/h7-13,16H,6H2,1-5H3/b21-13+/t16-/m0/s1. The number of methoxy groups -OCH3 is 1. The molecule has 0 bridgehead atoms. The Morgan fingerprint density at radius 2 is 1.90 bits per heavy atom. The molecule has 152 valence electrons. The van der Waals surface area contributed by atoms with E-state index in [2.05, 4.69) is 6.92 Å². The van der Waals surface area contributed by atoms with Gasteiger partial charge in [-0.3, -0.25) is 9.69 Å². The molecule has 1 atom stereocenters. The third-order valence-electron chi connectivity index (χ3n) is 4.93. The molecule has 1 heterocycles. The average Bonchev–Trinajstić information content (AvgIpc) is 2.98. The van der Waals surface area contributed by atoms with Gasteiger partial charge >= 0.3 is 0 Å². The van der Waals surface area contributed by atoms with Gasteiger partial charge in [0.05, 0.1) is 23.8 Å². The van der Waals surface area contributed by atoms with Gasteiger partial charge in [0, 0.05) is 0 Å². The number of carbonyl (C=O) groups excluding carboxylic acids is 1. The van der Waals surface area contributed by atoms with E-state index in [1.54, 1.807) is 12.0 Å². The molecule has 3 rings (SSSR count). The first-order chi connectivity index (χ1) is 13.8. The van der Waals surface area contributed by atoms with E-state index in [1.165, 1.54) is 17.3 Å². The van der Waals surface area contributed by atoms with E-state index in [-0.39, 0.29) is 12.0 Å². The highest BCUT2D eigenvalue weighted by Crippen LogP contribution is 2.37. The quantitative estimate of drug-likeness (QED) is 0.424. The second-order valence-corrected chi connectivity index (χ2v) is 8.71. The number of amides is 1. The SMILES string of the molecule is CC[C@H](C)Oc1ccc(/C=C2/SC(=S)N(c3ccc(C)c(C)c3)C2=O)cc1OC. The maximum Gasteiger partial charge on any atom is 0.270 e. The molecule has 0 aromatic heterocycles. The van der Waals surface area contributed by atoms with Crippen LogP contribution in [0.25, 0.3) is 6.08 Å². The summed E-state index contributed by atoms with van der Waals surface area (Å²) >= 11 is 6.79. The molecule has 0 radical (unpaired) electrons. The Labute approximate surface area is 181 Å². The van der Waals surface area contributed by atoms with Crippen molar-refractivity contribution in [3.63, 3.8) is 0 Å². The average molecular weight is 428 g/mol. The van der Waals surface area contributed by atoms with Crippen LogP contribution in [-0.4, -0.2) is 23.4 Å². The molecule has 0 N–H and O–H groups in total. The molecule has 0 spiro atoms. The largest absolute Gasteiger partial charge is 0.493 e. The normalized spacial score (nSPS) is 16.4. The first-order valence-electron chi connectivity index (χ1n) is 9.54. The van der Waals surface area contributed by atoms with Crippen LogP contribution in [0.4, 0.5) is 5.69 Å². The van der Waals surface area contributed by atoms with Gasteiger partial charge < -0.3 is 9.47 Å². The van der Waals surface area contributed by atoms with E-state index in [1.807, 2.05) is 63.2 Å². The predicted octanol–water partition coefficient (Wildman–Crippen LogP) is 5.90. The Balaban J connectivity index is 1.88. The molecule has 2 aromatic rings. The minimum absolute atomic E-state index is 0.101. The third-order valence-corrected chi connectivity index (χ3v) is 6.23. The van der Waals surface area contributed by atoms with E-state index in [9.17, 15) is 4.79 Å². The lowest BCUT2D eigenvalue weighted by Gasteiger charge is -2.16. The molecule has 29 heavy (non-hydrogen) atoms. The molecule has 1 fully saturated rings. The number of rotatable bonds is 6. The number of benzene rings is 2. The van der Waals surface area contributed by atoms with E-state index < -0.39 is 0 Å². The zero-order valence-corrected chi connectivity index (χ0v) is 18.9. The maximum atomic E-state index is 13.0. The first-order valence-corrected chi connectivity index (χ1v) is 10.8. The zero-order chi connectivity index (χ0) is 21.1. The molecule has 0 unspecified atom stereocenters. The van der Waals surface area contributed by atoms with Crippen LogP contribution < -0.4 is 14.4 Å². The predicted molar refractivity (Wildman–Crippen MR) is 125 cm³/mol. The van der Waals surface area contributed by atoms with Gasteiger partial charge in [-0.2, -0.15) is 0 Å². The lowest BCUT2D eigenvalue weighted by Crippen LogP contribution is -2.27. The topological polar surface area (TPSA) is 38.8 Å². The molecule has 1 aliphatic rings. The van der Waals surface area contributed by atoms with Gasteiger partial charge in [-0.1, -0.05) is 43.0 Å². The summed E-state index contributed by atoms with van der Waals surface area (Å²) in [6.07, 6.45) is 2.85. The number of ether oxygens (including phenoxy) is 2. The lowest BCUT2D eigenvalue weighted by molar-refractivity contribution is -0.113. The lowest BCUT2D eigenvalue weighted by atomic mass is 10.1. The van der Waals surface area contributed by atoms with Gasteiger partial charge in [0.25, 0.3) is 5.91 Å². The summed E-state index contributed by atoms with van der Waals surface area (Å²) in [5.41, 5.74) is 3.97. The van der Waals surface area contributed by atoms with Crippen molar-refractivity contribution in [3.8, 4) is 11.5 Å². The molecular weight excluding hydrogens is 402 g/mol. The van der Waals surface area contributed by atoms with Gasteiger partial charge in [0.1, 0.15) is 0 Å². The van der Waals surface area contributed by atoms with Crippen LogP contribution in [0.2, 0.25) is 0 Å². The highest BCUT2D eigenvalue weighted by molar-refractivity contribution is 8.27. The zero-order valence-electron chi connectivity index (χ0n) is 17.3. The van der Waals surface area contributed by atoms with Gasteiger partial charge in [0.15, 0.2) is 15.8 Å². The summed E-state index contributed by atoms with van der Waals surface area (Å²) in [4.78, 5) is 15.2. The number of nitrogens with zero attached hydrogens (tertiary/aromatic N) is 1. The summed E-state index contributed by atoms with van der Waals surface area (Å²) in [6.45, 7) is 8.17. The second-order valence-electron chi connectivity index (χ2n) is 7.03. The number of anilines is 1. The molecule has 6 heteroatoms. The van der Waals surface area contributed by atoms with Gasteiger partial charge in [0.2, 0.25) is 0 Å². The minimum atomic E-state index is -0.109. The molecule has 1 saturated heterocycles. The smallest absolute Gasteiger partial charge is 0.270 e. The highest BCUT2D eigenvalue weighted by Gasteiger charge is 2.33. The van der Waals surface area contributed by atoms with Crippen molar-refractivity contribution in [1.29, 1.82) is 0 Å². The van der Waals surface area contributed by atoms with E-state index in [4.69, 9.17) is 21.7 Å². The van der Waals surface area contributed by atoms with Crippen LogP contribution in [0.5, 0.6) is 11.5 Å². The fourth-order valence-electron chi connectivity index (χ4n) is 2.88. The van der Waals surface area contributed by atoms with Gasteiger partial charge in [-0.25, -0.2) is 0 Å². The Bertz CT molecular complexity index is 984. The van der Waals surface area contributed by atoms with Crippen molar-refractivity contribution in [2.24, 2.45) is 0 Å². The summed E-state index contributed by atoms with van der Waals surface area (Å²) in [5.74, 6) is 1.23. The molecule has 2 aromatic carbocycles. The van der Waals surface area contributed by atoms with Gasteiger partial charge in [-0.05, 0) is 74.2 Å². The molecule has 4 nitrogen and oxygen atoms in total. The van der Waals surface area contributed by atoms with Crippen molar-refractivity contribution in [2.45, 2.75) is 40.2 Å². The third kappa shape index (κ3) is 4.65. The van der Waals surface area contributed by atoms with Crippen molar-refractivity contribution in [2.75, 3.05) is 12.0 Å². The van der Waals surface area contributed by atoms with Crippen LogP contribution in [0, 0.1) is 13.8 Å². The van der Waals surface area contributed by atoms with Crippen molar-refractivity contribution in [3.05, 3.63) is 58.0 Å². The second kappa shape index (κ2) is 9.01. The van der Waals surface area contributed by atoms with Crippen LogP contribution in [0.3, 0.4) is 0 Å². The van der Waals surface area contributed by atoms with E-state index in [0.29, 0.717) is 20.7 Å². The van der Waals surface area contributed by atoms with E-state index in [0.717, 1.165) is 23.2 Å². The maximum absolute atomic E-state index is 13.0. The number of hydrogen-bond donors (Lipinski definition) is 0. The Morgan fingerprint density at radius 3 is 2.55 bits per heavy atom. The number of thiocarbonyl (C=S) groups is 1. The Hall–Kier alpha value is -2.31. The number of aryl methyl sites for hydroxylation is 2. The number of thioether (sulfide) groups is 1. The number of hydrogen-bond acceptors (Lipinski definition) is 5.